The van der Waals surface area contributed by atoms with Crippen LogP contribution in [0.5, 0.6) is 0 Å². The number of nitrogens with zero attached hydrogens (tertiary/aromatic N) is 2. The summed E-state index contributed by atoms with van der Waals surface area (Å²) in [6.07, 6.45) is 2.61. The maximum absolute atomic E-state index is 11.8. The maximum atomic E-state index is 11.8. The average Bonchev–Trinajstić information content (AvgIpc) is 3.16. The monoisotopic (exact) mass is 479 g/mol. The van der Waals surface area contributed by atoms with E-state index >= 15 is 0 Å². The molecule has 2 heterocycles. The van der Waals surface area contributed by atoms with E-state index in [1.807, 2.05) is 13.0 Å². The van der Waals surface area contributed by atoms with Gasteiger partial charge in [0.1, 0.15) is 12.3 Å². The summed E-state index contributed by atoms with van der Waals surface area (Å²) < 4.78 is 10.5. The third-order valence-electron chi connectivity index (χ3n) is 3.81. The Kier molecular flexibility index (Phi) is 12.1. The van der Waals surface area contributed by atoms with E-state index in [1.165, 1.54) is 0 Å². The number of carbonyl (C=O) groups is 1. The first-order valence-corrected chi connectivity index (χ1v) is 8.89. The molecule has 26 heavy (non-hydrogen) atoms. The number of hydrogen-bond acceptors (Lipinski definition) is 5. The standard InChI is InChI=1S/C17H29N5O3.HI/c1-2-18-17(19-6-4-7-22-8-11-24-12-9-22)21-14-16(23)20-13-15-5-3-10-25-15;/h3,5,10H,2,4,6-9,11-14H2,1H3,(H,20,23)(H2,18,19,21);1H. The predicted octanol–water partition coefficient (Wildman–Crippen LogP) is 0.791. The Morgan fingerprint density at radius 2 is 2.08 bits per heavy atom. The van der Waals surface area contributed by atoms with E-state index < -0.39 is 0 Å². The van der Waals surface area contributed by atoms with Gasteiger partial charge < -0.3 is 25.1 Å². The second-order valence-corrected chi connectivity index (χ2v) is 5.79. The Bertz CT molecular complexity index is 518. The summed E-state index contributed by atoms with van der Waals surface area (Å²) in [6, 6.07) is 3.62. The number of nitrogens with one attached hydrogen (secondary N) is 3. The molecule has 0 bridgehead atoms. The predicted molar refractivity (Wildman–Crippen MR) is 112 cm³/mol. The van der Waals surface area contributed by atoms with Gasteiger partial charge in [-0.2, -0.15) is 0 Å². The lowest BCUT2D eigenvalue weighted by Gasteiger charge is -2.26. The molecule has 148 valence electrons. The zero-order chi connectivity index (χ0) is 17.7. The Morgan fingerprint density at radius 3 is 2.77 bits per heavy atom. The van der Waals surface area contributed by atoms with E-state index in [0.717, 1.165) is 58.1 Å². The summed E-state index contributed by atoms with van der Waals surface area (Å²) in [4.78, 5) is 18.6. The third-order valence-corrected chi connectivity index (χ3v) is 3.81. The molecule has 1 fully saturated rings. The average molecular weight is 479 g/mol. The number of rotatable bonds is 9. The van der Waals surface area contributed by atoms with Gasteiger partial charge in [0.05, 0.1) is 26.0 Å². The first kappa shape index (κ1) is 22.7. The normalized spacial score (nSPS) is 15.2. The fraction of sp³-hybridized carbons (Fsp3) is 0.647. The van der Waals surface area contributed by atoms with Crippen molar-refractivity contribution in [3.05, 3.63) is 24.2 Å². The molecule has 0 unspecified atom stereocenters. The topological polar surface area (TPSA) is 91.1 Å². The lowest BCUT2D eigenvalue weighted by Crippen LogP contribution is -2.41. The molecule has 0 aromatic carbocycles. The van der Waals surface area contributed by atoms with Crippen molar-refractivity contribution in [2.75, 3.05) is 52.5 Å². The maximum Gasteiger partial charge on any atom is 0.242 e. The minimum atomic E-state index is -0.137. The van der Waals surface area contributed by atoms with Gasteiger partial charge in [0.25, 0.3) is 0 Å². The molecule has 1 amide bonds. The van der Waals surface area contributed by atoms with Gasteiger partial charge in [0.15, 0.2) is 5.96 Å². The number of halogens is 1. The molecule has 2 rings (SSSR count). The van der Waals surface area contributed by atoms with Gasteiger partial charge in [-0.3, -0.25) is 9.69 Å². The van der Waals surface area contributed by atoms with E-state index in [9.17, 15) is 4.79 Å². The second-order valence-electron chi connectivity index (χ2n) is 5.79. The molecule has 8 nitrogen and oxygen atoms in total. The molecule has 1 aromatic rings. The zero-order valence-electron chi connectivity index (χ0n) is 15.3. The fourth-order valence-electron chi connectivity index (χ4n) is 2.48. The van der Waals surface area contributed by atoms with Crippen molar-refractivity contribution in [3.8, 4) is 0 Å². The van der Waals surface area contributed by atoms with Gasteiger partial charge >= 0.3 is 0 Å². The fourth-order valence-corrected chi connectivity index (χ4v) is 2.48. The van der Waals surface area contributed by atoms with Gasteiger partial charge in [0.2, 0.25) is 5.91 Å². The van der Waals surface area contributed by atoms with Gasteiger partial charge in [0, 0.05) is 26.2 Å². The Hall–Kier alpha value is -1.33. The van der Waals surface area contributed by atoms with Crippen LogP contribution in [0.25, 0.3) is 0 Å². The summed E-state index contributed by atoms with van der Waals surface area (Å²) in [5, 5.41) is 9.20. The van der Waals surface area contributed by atoms with Crippen LogP contribution in [0.3, 0.4) is 0 Å². The largest absolute Gasteiger partial charge is 0.467 e. The van der Waals surface area contributed by atoms with Crippen molar-refractivity contribution in [1.82, 2.24) is 20.9 Å². The number of amides is 1. The van der Waals surface area contributed by atoms with Crippen LogP contribution in [0.2, 0.25) is 0 Å². The highest BCUT2D eigenvalue weighted by atomic mass is 127. The van der Waals surface area contributed by atoms with Crippen LogP contribution >= 0.6 is 24.0 Å². The highest BCUT2D eigenvalue weighted by Gasteiger charge is 2.09. The number of morpholine rings is 1. The van der Waals surface area contributed by atoms with Crippen LogP contribution in [0, 0.1) is 0 Å². The quantitative estimate of drug-likeness (QED) is 0.210. The lowest BCUT2D eigenvalue weighted by atomic mass is 10.3. The molecule has 0 aliphatic carbocycles. The highest BCUT2D eigenvalue weighted by Crippen LogP contribution is 1.98. The number of aliphatic imine (C=N–C) groups is 1. The van der Waals surface area contributed by atoms with Crippen molar-refractivity contribution in [2.45, 2.75) is 19.9 Å². The lowest BCUT2D eigenvalue weighted by molar-refractivity contribution is -0.119. The molecule has 1 saturated heterocycles. The highest BCUT2D eigenvalue weighted by molar-refractivity contribution is 14.0. The number of ether oxygens (including phenoxy) is 1. The SMILES string of the molecule is CCNC(=NCC(=O)NCc1ccco1)NCCCN1CCOCC1.I. The van der Waals surface area contributed by atoms with Gasteiger partial charge in [-0.25, -0.2) is 4.99 Å². The van der Waals surface area contributed by atoms with Crippen molar-refractivity contribution < 1.29 is 13.9 Å². The Balaban J connectivity index is 0.00000338. The number of guanidine groups is 1. The molecule has 1 aliphatic heterocycles. The van der Waals surface area contributed by atoms with Gasteiger partial charge in [-0.15, -0.1) is 24.0 Å². The number of furan rings is 1. The summed E-state index contributed by atoms with van der Waals surface area (Å²) in [7, 11) is 0. The molecule has 0 spiro atoms. The first-order valence-electron chi connectivity index (χ1n) is 8.89. The Labute approximate surface area is 172 Å². The molecule has 0 saturated carbocycles. The minimum absolute atomic E-state index is 0. The molecular weight excluding hydrogens is 449 g/mol. The van der Waals surface area contributed by atoms with E-state index in [-0.39, 0.29) is 36.4 Å². The second kappa shape index (κ2) is 13.8. The first-order chi connectivity index (χ1) is 12.3. The number of hydrogen-bond donors (Lipinski definition) is 3. The summed E-state index contributed by atoms with van der Waals surface area (Å²) in [5.74, 6) is 1.25. The zero-order valence-corrected chi connectivity index (χ0v) is 17.7. The van der Waals surface area contributed by atoms with Crippen LogP contribution in [0.1, 0.15) is 19.1 Å². The summed E-state index contributed by atoms with van der Waals surface area (Å²) >= 11 is 0. The Morgan fingerprint density at radius 1 is 1.27 bits per heavy atom. The molecule has 0 radical (unpaired) electrons. The minimum Gasteiger partial charge on any atom is -0.467 e. The van der Waals surface area contributed by atoms with Crippen molar-refractivity contribution >= 4 is 35.8 Å². The molecule has 3 N–H and O–H groups in total. The van der Waals surface area contributed by atoms with Crippen LogP contribution in [-0.4, -0.2) is 69.2 Å². The van der Waals surface area contributed by atoms with Crippen molar-refractivity contribution in [1.29, 1.82) is 0 Å². The van der Waals surface area contributed by atoms with E-state index in [1.54, 1.807) is 12.3 Å². The van der Waals surface area contributed by atoms with Crippen LogP contribution in [-0.2, 0) is 16.1 Å². The van der Waals surface area contributed by atoms with Crippen LogP contribution in [0.15, 0.2) is 27.8 Å². The molecular formula is C17H30IN5O3. The molecule has 1 aromatic heterocycles. The van der Waals surface area contributed by atoms with Crippen molar-refractivity contribution in [2.24, 2.45) is 4.99 Å². The summed E-state index contributed by atoms with van der Waals surface area (Å²) in [5.41, 5.74) is 0. The van der Waals surface area contributed by atoms with Crippen molar-refractivity contribution in [3.63, 3.8) is 0 Å². The molecule has 9 heteroatoms. The number of carbonyl (C=O) groups excluding carboxylic acids is 1. The molecule has 1 aliphatic rings. The van der Waals surface area contributed by atoms with Gasteiger partial charge in [-0.1, -0.05) is 0 Å². The summed E-state index contributed by atoms with van der Waals surface area (Å²) in [6.45, 7) is 8.73. The van der Waals surface area contributed by atoms with E-state index in [2.05, 4.69) is 25.8 Å². The molecule has 0 atom stereocenters. The van der Waals surface area contributed by atoms with E-state index in [0.29, 0.717) is 12.5 Å². The third kappa shape index (κ3) is 9.39. The van der Waals surface area contributed by atoms with E-state index in [4.69, 9.17) is 9.15 Å². The van der Waals surface area contributed by atoms with Gasteiger partial charge in [-0.05, 0) is 32.0 Å². The van der Waals surface area contributed by atoms with Crippen LogP contribution in [0.4, 0.5) is 0 Å². The van der Waals surface area contributed by atoms with Crippen LogP contribution < -0.4 is 16.0 Å². The smallest absolute Gasteiger partial charge is 0.242 e.